The highest BCUT2D eigenvalue weighted by Gasteiger charge is 2.03. The largest absolute Gasteiger partial charge is 0.259 e. The average molecular weight is 257 g/mol. The molecule has 5 heteroatoms. The third-order valence-electron chi connectivity index (χ3n) is 1.63. The Balaban J connectivity index is 2.26. The Morgan fingerprint density at radius 3 is 2.60 bits per heavy atom. The zero-order chi connectivity index (χ0) is 10.7. The highest BCUT2D eigenvalue weighted by atomic mass is 35.5. The van der Waals surface area contributed by atoms with Crippen molar-refractivity contribution < 1.29 is 0 Å². The van der Waals surface area contributed by atoms with Crippen molar-refractivity contribution in [3.63, 3.8) is 0 Å². The fourth-order valence-corrected chi connectivity index (χ4v) is 2.26. The van der Waals surface area contributed by atoms with Crippen molar-refractivity contribution in [2.75, 3.05) is 0 Å². The Hall–Kier alpha value is -0.770. The summed E-state index contributed by atoms with van der Waals surface area (Å²) in [5, 5.41) is 1.81. The monoisotopic (exact) mass is 256 g/mol. The van der Waals surface area contributed by atoms with Gasteiger partial charge in [0.25, 0.3) is 0 Å². The third kappa shape index (κ3) is 2.84. The molecular formula is C10H6Cl2N2S. The maximum absolute atomic E-state index is 6.01. The molecule has 2 rings (SSSR count). The Morgan fingerprint density at radius 1 is 1.07 bits per heavy atom. The predicted octanol–water partition coefficient (Wildman–Crippen LogP) is 3.93. The van der Waals surface area contributed by atoms with Gasteiger partial charge in [0, 0.05) is 4.90 Å². The molecule has 0 aliphatic rings. The lowest BCUT2D eigenvalue weighted by Gasteiger charge is -2.02. The molecule has 0 saturated heterocycles. The molecule has 1 aromatic carbocycles. The summed E-state index contributed by atoms with van der Waals surface area (Å²) < 4.78 is 0. The van der Waals surface area contributed by atoms with Crippen molar-refractivity contribution in [1.82, 2.24) is 9.97 Å². The standard InChI is InChI=1S/C10H6Cl2N2S/c11-7-3-1-2-4-8(7)15-10-6-13-5-9(12)14-10/h1-6H. The summed E-state index contributed by atoms with van der Waals surface area (Å²) in [4.78, 5) is 9.01. The van der Waals surface area contributed by atoms with E-state index in [2.05, 4.69) is 9.97 Å². The van der Waals surface area contributed by atoms with Gasteiger partial charge in [-0.15, -0.1) is 0 Å². The zero-order valence-electron chi connectivity index (χ0n) is 7.52. The molecule has 2 aromatic rings. The van der Waals surface area contributed by atoms with Gasteiger partial charge in [-0.3, -0.25) is 4.98 Å². The number of halogens is 2. The zero-order valence-corrected chi connectivity index (χ0v) is 9.85. The van der Waals surface area contributed by atoms with Gasteiger partial charge in [-0.25, -0.2) is 4.98 Å². The molecule has 0 spiro atoms. The van der Waals surface area contributed by atoms with E-state index in [0.717, 1.165) is 9.92 Å². The molecule has 2 nitrogen and oxygen atoms in total. The number of aromatic nitrogens is 2. The summed E-state index contributed by atoms with van der Waals surface area (Å²) in [6.45, 7) is 0. The van der Waals surface area contributed by atoms with Gasteiger partial charge in [0.2, 0.25) is 0 Å². The molecule has 0 amide bonds. The molecule has 0 bridgehead atoms. The van der Waals surface area contributed by atoms with Crippen LogP contribution in [0.3, 0.4) is 0 Å². The first-order valence-electron chi connectivity index (χ1n) is 4.15. The molecule has 0 fully saturated rings. The van der Waals surface area contributed by atoms with E-state index in [1.165, 1.54) is 18.0 Å². The lowest BCUT2D eigenvalue weighted by atomic mass is 10.4. The molecule has 0 saturated carbocycles. The molecule has 0 unspecified atom stereocenters. The summed E-state index contributed by atoms with van der Waals surface area (Å²) in [6, 6.07) is 7.57. The summed E-state index contributed by atoms with van der Waals surface area (Å²) in [5.74, 6) is 0. The van der Waals surface area contributed by atoms with Crippen LogP contribution in [0.5, 0.6) is 0 Å². The third-order valence-corrected chi connectivity index (χ3v) is 3.24. The first-order chi connectivity index (χ1) is 7.25. The van der Waals surface area contributed by atoms with Gasteiger partial charge >= 0.3 is 0 Å². The molecule has 0 atom stereocenters. The van der Waals surface area contributed by atoms with Gasteiger partial charge < -0.3 is 0 Å². The maximum Gasteiger partial charge on any atom is 0.148 e. The quantitative estimate of drug-likeness (QED) is 0.815. The summed E-state index contributed by atoms with van der Waals surface area (Å²) in [6.07, 6.45) is 3.15. The number of hydrogen-bond acceptors (Lipinski definition) is 3. The SMILES string of the molecule is Clc1cncc(Sc2ccccc2Cl)n1. The van der Waals surface area contributed by atoms with Gasteiger partial charge in [0.15, 0.2) is 0 Å². The molecule has 15 heavy (non-hydrogen) atoms. The van der Waals surface area contributed by atoms with Crippen molar-refractivity contribution in [2.24, 2.45) is 0 Å². The number of nitrogens with zero attached hydrogens (tertiary/aromatic N) is 2. The molecule has 0 aliphatic heterocycles. The molecule has 76 valence electrons. The van der Waals surface area contributed by atoms with Crippen LogP contribution in [0.4, 0.5) is 0 Å². The van der Waals surface area contributed by atoms with Crippen molar-refractivity contribution in [2.45, 2.75) is 9.92 Å². The summed E-state index contributed by atoms with van der Waals surface area (Å²) >= 11 is 13.2. The van der Waals surface area contributed by atoms with Crippen LogP contribution in [0, 0.1) is 0 Å². The van der Waals surface area contributed by atoms with Crippen LogP contribution in [0.1, 0.15) is 0 Å². The van der Waals surface area contributed by atoms with Crippen LogP contribution in [0.2, 0.25) is 10.2 Å². The summed E-state index contributed by atoms with van der Waals surface area (Å²) in [7, 11) is 0. The minimum Gasteiger partial charge on any atom is -0.259 e. The smallest absolute Gasteiger partial charge is 0.148 e. The first-order valence-corrected chi connectivity index (χ1v) is 5.73. The number of hydrogen-bond donors (Lipinski definition) is 0. The van der Waals surface area contributed by atoms with Crippen LogP contribution in [-0.2, 0) is 0 Å². The number of rotatable bonds is 2. The molecule has 0 N–H and O–H groups in total. The molecule has 1 heterocycles. The summed E-state index contributed by atoms with van der Waals surface area (Å²) in [5.41, 5.74) is 0. The molecule has 0 radical (unpaired) electrons. The van der Waals surface area contributed by atoms with E-state index in [4.69, 9.17) is 23.2 Å². The van der Waals surface area contributed by atoms with E-state index >= 15 is 0 Å². The Morgan fingerprint density at radius 2 is 1.87 bits per heavy atom. The van der Waals surface area contributed by atoms with Crippen LogP contribution in [0.25, 0.3) is 0 Å². The molecule has 1 aromatic heterocycles. The second-order valence-electron chi connectivity index (χ2n) is 2.71. The van der Waals surface area contributed by atoms with E-state index < -0.39 is 0 Å². The van der Waals surface area contributed by atoms with Crippen molar-refractivity contribution in [1.29, 1.82) is 0 Å². The minimum atomic E-state index is 0.382. The van der Waals surface area contributed by atoms with Crippen molar-refractivity contribution in [3.05, 3.63) is 46.8 Å². The van der Waals surface area contributed by atoms with E-state index in [0.29, 0.717) is 10.2 Å². The second kappa shape index (κ2) is 4.84. The highest BCUT2D eigenvalue weighted by molar-refractivity contribution is 7.99. The van der Waals surface area contributed by atoms with Crippen LogP contribution >= 0.6 is 35.0 Å². The maximum atomic E-state index is 6.01. The van der Waals surface area contributed by atoms with Gasteiger partial charge in [-0.1, -0.05) is 47.1 Å². The van der Waals surface area contributed by atoms with E-state index in [1.54, 1.807) is 6.20 Å². The topological polar surface area (TPSA) is 25.8 Å². The fourth-order valence-electron chi connectivity index (χ4n) is 1.01. The van der Waals surface area contributed by atoms with Gasteiger partial charge in [0.05, 0.1) is 17.4 Å². The average Bonchev–Trinajstić information content (AvgIpc) is 2.22. The van der Waals surface area contributed by atoms with Crippen LogP contribution in [-0.4, -0.2) is 9.97 Å². The van der Waals surface area contributed by atoms with Crippen molar-refractivity contribution >= 4 is 35.0 Å². The van der Waals surface area contributed by atoms with E-state index in [9.17, 15) is 0 Å². The molecule has 0 aliphatic carbocycles. The molecular weight excluding hydrogens is 251 g/mol. The van der Waals surface area contributed by atoms with E-state index in [1.807, 2.05) is 24.3 Å². The fraction of sp³-hybridized carbons (Fsp3) is 0. The highest BCUT2D eigenvalue weighted by Crippen LogP contribution is 2.31. The minimum absolute atomic E-state index is 0.382. The number of benzene rings is 1. The van der Waals surface area contributed by atoms with Crippen LogP contribution < -0.4 is 0 Å². The van der Waals surface area contributed by atoms with Gasteiger partial charge in [0.1, 0.15) is 10.2 Å². The Bertz CT molecular complexity index is 476. The Kier molecular flexibility index (Phi) is 3.46. The lowest BCUT2D eigenvalue weighted by molar-refractivity contribution is 1.06. The Labute approximate surface area is 102 Å². The van der Waals surface area contributed by atoms with Crippen LogP contribution in [0.15, 0.2) is 46.6 Å². The van der Waals surface area contributed by atoms with Gasteiger partial charge in [-0.2, -0.15) is 0 Å². The van der Waals surface area contributed by atoms with Gasteiger partial charge in [-0.05, 0) is 12.1 Å². The predicted molar refractivity (Wildman–Crippen MR) is 62.6 cm³/mol. The van der Waals surface area contributed by atoms with Crippen molar-refractivity contribution in [3.8, 4) is 0 Å². The first kappa shape index (κ1) is 10.7. The normalized spacial score (nSPS) is 10.3. The second-order valence-corrected chi connectivity index (χ2v) is 4.57. The van der Waals surface area contributed by atoms with E-state index in [-0.39, 0.29) is 0 Å². The lowest BCUT2D eigenvalue weighted by Crippen LogP contribution is -1.83.